The van der Waals surface area contributed by atoms with Gasteiger partial charge in [-0.05, 0) is 55.9 Å². The number of nitrogens with two attached hydrogens (primary N) is 1. The summed E-state index contributed by atoms with van der Waals surface area (Å²) in [5, 5.41) is 0.774. The molecule has 0 aliphatic rings. The fourth-order valence-corrected chi connectivity index (χ4v) is 3.29. The highest BCUT2D eigenvalue weighted by Crippen LogP contribution is 2.23. The second-order valence-electron chi connectivity index (χ2n) is 6.08. The van der Waals surface area contributed by atoms with Crippen molar-refractivity contribution in [2.75, 3.05) is 5.73 Å². The number of thiazole rings is 1. The third-order valence-corrected chi connectivity index (χ3v) is 4.73. The largest absolute Gasteiger partial charge is 0.382 e. The van der Waals surface area contributed by atoms with Crippen molar-refractivity contribution in [1.82, 2.24) is 19.9 Å². The maximum absolute atomic E-state index is 6.01. The van der Waals surface area contributed by atoms with E-state index in [0.717, 1.165) is 32.2 Å². The van der Waals surface area contributed by atoms with Gasteiger partial charge < -0.3 is 5.73 Å². The number of pyridine rings is 1. The van der Waals surface area contributed by atoms with E-state index in [4.69, 9.17) is 5.73 Å². The molecule has 134 valence electrons. The van der Waals surface area contributed by atoms with Crippen molar-refractivity contribution < 1.29 is 0 Å². The van der Waals surface area contributed by atoms with E-state index in [1.807, 2.05) is 50.2 Å². The molecular weight excluding hydrogens is 366 g/mol. The standard InChI is InChI=1S/C22H15N5S/c1-14-13-24-20(28-14)9-4-3-6-16-7-5-8-17(12-16)18-10-11-19-21(27-18)22(23)26-15(2)25-19/h5,7-8,10-13H,1-2H3,(H2,23,25,26). The molecule has 0 atom stereocenters. The molecule has 5 nitrogen and oxygen atoms in total. The van der Waals surface area contributed by atoms with Gasteiger partial charge in [0.25, 0.3) is 0 Å². The summed E-state index contributed by atoms with van der Waals surface area (Å²) in [6.07, 6.45) is 1.81. The van der Waals surface area contributed by atoms with E-state index >= 15 is 0 Å². The van der Waals surface area contributed by atoms with Crippen molar-refractivity contribution in [3.63, 3.8) is 0 Å². The van der Waals surface area contributed by atoms with Gasteiger partial charge in [0.05, 0.1) is 11.2 Å². The predicted molar refractivity (Wildman–Crippen MR) is 113 cm³/mol. The zero-order chi connectivity index (χ0) is 19.5. The monoisotopic (exact) mass is 381 g/mol. The van der Waals surface area contributed by atoms with Crippen LogP contribution in [0.3, 0.4) is 0 Å². The fraction of sp³-hybridized carbons (Fsp3) is 0.0909. The van der Waals surface area contributed by atoms with Gasteiger partial charge in [-0.2, -0.15) is 0 Å². The average molecular weight is 381 g/mol. The molecule has 0 spiro atoms. The summed E-state index contributed by atoms with van der Waals surface area (Å²) in [6.45, 7) is 3.81. The fourth-order valence-electron chi connectivity index (χ4n) is 2.67. The number of rotatable bonds is 1. The lowest BCUT2D eigenvalue weighted by atomic mass is 10.1. The van der Waals surface area contributed by atoms with Crippen LogP contribution in [0.2, 0.25) is 0 Å². The van der Waals surface area contributed by atoms with Gasteiger partial charge in [-0.15, -0.1) is 11.3 Å². The zero-order valence-corrected chi connectivity index (χ0v) is 16.1. The highest BCUT2D eigenvalue weighted by Gasteiger charge is 2.07. The van der Waals surface area contributed by atoms with E-state index in [2.05, 4.69) is 43.6 Å². The average Bonchev–Trinajstić information content (AvgIpc) is 3.10. The van der Waals surface area contributed by atoms with Crippen LogP contribution in [-0.2, 0) is 0 Å². The molecule has 0 fully saturated rings. The Morgan fingerprint density at radius 3 is 2.64 bits per heavy atom. The van der Waals surface area contributed by atoms with E-state index in [0.29, 0.717) is 17.2 Å². The first-order valence-corrected chi connectivity index (χ1v) is 9.36. The molecule has 0 radical (unpaired) electrons. The van der Waals surface area contributed by atoms with Crippen LogP contribution in [0, 0.1) is 37.5 Å². The summed E-state index contributed by atoms with van der Waals surface area (Å²) in [4.78, 5) is 18.5. The van der Waals surface area contributed by atoms with Crippen LogP contribution in [0.4, 0.5) is 5.82 Å². The minimum Gasteiger partial charge on any atom is -0.382 e. The topological polar surface area (TPSA) is 77.6 Å². The molecule has 3 aromatic heterocycles. The van der Waals surface area contributed by atoms with Crippen LogP contribution in [-0.4, -0.2) is 19.9 Å². The van der Waals surface area contributed by atoms with Gasteiger partial charge in [-0.3, -0.25) is 0 Å². The van der Waals surface area contributed by atoms with Crippen LogP contribution in [0.25, 0.3) is 22.3 Å². The smallest absolute Gasteiger partial charge is 0.168 e. The SMILES string of the molecule is Cc1nc(N)c2nc(-c3cccc(C#CC#Cc4ncc(C)s4)c3)ccc2n1. The molecule has 2 N–H and O–H groups in total. The molecule has 3 heterocycles. The predicted octanol–water partition coefficient (Wildman–Crippen LogP) is 3.75. The lowest BCUT2D eigenvalue weighted by Crippen LogP contribution is -1.99. The number of nitrogen functional groups attached to an aromatic ring is 1. The Kier molecular flexibility index (Phi) is 4.72. The van der Waals surface area contributed by atoms with Crippen LogP contribution >= 0.6 is 11.3 Å². The summed E-state index contributed by atoms with van der Waals surface area (Å²) < 4.78 is 0. The van der Waals surface area contributed by atoms with E-state index in [1.165, 1.54) is 0 Å². The van der Waals surface area contributed by atoms with E-state index in [1.54, 1.807) is 17.5 Å². The van der Waals surface area contributed by atoms with Gasteiger partial charge in [-0.1, -0.05) is 18.1 Å². The number of nitrogens with zero attached hydrogens (tertiary/aromatic N) is 4. The Bertz CT molecular complexity index is 1320. The lowest BCUT2D eigenvalue weighted by molar-refractivity contribution is 1.09. The van der Waals surface area contributed by atoms with Crippen molar-refractivity contribution in [3.8, 4) is 34.9 Å². The Balaban J connectivity index is 1.63. The summed E-state index contributed by atoms with van der Waals surface area (Å²) >= 11 is 1.56. The van der Waals surface area contributed by atoms with Gasteiger partial charge in [0, 0.05) is 22.2 Å². The molecule has 0 saturated carbocycles. The number of aromatic nitrogens is 4. The molecule has 4 aromatic rings. The van der Waals surface area contributed by atoms with Crippen LogP contribution in [0.1, 0.15) is 21.3 Å². The molecule has 0 bridgehead atoms. The molecule has 0 saturated heterocycles. The molecule has 0 aliphatic carbocycles. The minimum atomic E-state index is 0.382. The van der Waals surface area contributed by atoms with Gasteiger partial charge >= 0.3 is 0 Å². The van der Waals surface area contributed by atoms with Gasteiger partial charge in [0.1, 0.15) is 11.3 Å². The molecule has 28 heavy (non-hydrogen) atoms. The minimum absolute atomic E-state index is 0.382. The summed E-state index contributed by atoms with van der Waals surface area (Å²) in [5.41, 5.74) is 9.94. The van der Waals surface area contributed by atoms with Crippen molar-refractivity contribution in [2.45, 2.75) is 13.8 Å². The third-order valence-electron chi connectivity index (χ3n) is 3.90. The number of hydrogen-bond donors (Lipinski definition) is 1. The van der Waals surface area contributed by atoms with Crippen LogP contribution in [0.15, 0.2) is 42.6 Å². The summed E-state index contributed by atoms with van der Waals surface area (Å²) in [5.74, 6) is 12.8. The van der Waals surface area contributed by atoms with Crippen molar-refractivity contribution >= 4 is 28.2 Å². The zero-order valence-electron chi connectivity index (χ0n) is 15.3. The quantitative estimate of drug-likeness (QED) is 0.508. The van der Waals surface area contributed by atoms with E-state index in [-0.39, 0.29) is 0 Å². The molecule has 4 rings (SSSR count). The Morgan fingerprint density at radius 2 is 1.82 bits per heavy atom. The first kappa shape index (κ1) is 17.7. The highest BCUT2D eigenvalue weighted by molar-refractivity contribution is 7.12. The Labute approximate surface area is 166 Å². The molecule has 0 unspecified atom stereocenters. The third kappa shape index (κ3) is 3.83. The second kappa shape index (κ2) is 7.48. The highest BCUT2D eigenvalue weighted by atomic mass is 32.1. The van der Waals surface area contributed by atoms with Crippen LogP contribution in [0.5, 0.6) is 0 Å². The molecular formula is C22H15N5S. The number of benzene rings is 1. The first-order valence-electron chi connectivity index (χ1n) is 8.54. The summed E-state index contributed by atoms with van der Waals surface area (Å²) in [7, 11) is 0. The second-order valence-corrected chi connectivity index (χ2v) is 7.31. The molecule has 1 aromatic carbocycles. The van der Waals surface area contributed by atoms with Crippen molar-refractivity contribution in [1.29, 1.82) is 0 Å². The number of anilines is 1. The molecule has 6 heteroatoms. The molecule has 0 amide bonds. The van der Waals surface area contributed by atoms with E-state index < -0.39 is 0 Å². The lowest BCUT2D eigenvalue weighted by Gasteiger charge is -2.06. The van der Waals surface area contributed by atoms with Gasteiger partial charge in [0.15, 0.2) is 10.8 Å². The number of aryl methyl sites for hydroxylation is 2. The summed E-state index contributed by atoms with van der Waals surface area (Å²) in [6, 6.07) is 11.7. The van der Waals surface area contributed by atoms with Crippen LogP contribution < -0.4 is 5.73 Å². The first-order chi connectivity index (χ1) is 13.6. The van der Waals surface area contributed by atoms with E-state index in [9.17, 15) is 0 Å². The molecule has 0 aliphatic heterocycles. The van der Waals surface area contributed by atoms with Crippen molar-refractivity contribution in [2.24, 2.45) is 0 Å². The maximum Gasteiger partial charge on any atom is 0.168 e. The Hall–Kier alpha value is -3.74. The normalized spacial score (nSPS) is 10.1. The van der Waals surface area contributed by atoms with Gasteiger partial charge in [0.2, 0.25) is 0 Å². The number of fused-ring (bicyclic) bond motifs is 1. The Morgan fingerprint density at radius 1 is 0.964 bits per heavy atom. The number of hydrogen-bond acceptors (Lipinski definition) is 6. The van der Waals surface area contributed by atoms with Gasteiger partial charge in [-0.25, -0.2) is 19.9 Å². The maximum atomic E-state index is 6.01. The van der Waals surface area contributed by atoms with Crippen molar-refractivity contribution in [3.05, 3.63) is 63.9 Å².